The average Bonchev–Trinajstić information content (AvgIpc) is 2.79. The van der Waals surface area contributed by atoms with Gasteiger partial charge in [0.2, 0.25) is 0 Å². The van der Waals surface area contributed by atoms with E-state index in [1.54, 1.807) is 0 Å². The van der Waals surface area contributed by atoms with E-state index in [4.69, 9.17) is 4.98 Å². The van der Waals surface area contributed by atoms with Crippen LogP contribution in [0, 0.1) is 6.92 Å². The number of hydrogen-bond acceptors (Lipinski definition) is 2. The number of aliphatic imine (C=N–C) groups is 1. The Morgan fingerprint density at radius 3 is 2.27 bits per heavy atom. The fourth-order valence-corrected chi connectivity index (χ4v) is 3.28. The molecule has 0 aliphatic carbocycles. The van der Waals surface area contributed by atoms with Crippen molar-refractivity contribution < 1.29 is 0 Å². The largest absolute Gasteiger partial charge is 0.269 e. The Morgan fingerprint density at radius 2 is 1.63 bits per heavy atom. The number of nitrogens with zero attached hydrogens (tertiary/aromatic N) is 2. The molecule has 2 heteroatoms. The lowest BCUT2D eigenvalue weighted by Gasteiger charge is -2.06. The summed E-state index contributed by atoms with van der Waals surface area (Å²) in [6.45, 7) is 11.5. The van der Waals surface area contributed by atoms with E-state index in [9.17, 15) is 0 Å². The van der Waals surface area contributed by atoms with Crippen LogP contribution in [0.5, 0.6) is 0 Å². The van der Waals surface area contributed by atoms with Crippen molar-refractivity contribution in [1.82, 2.24) is 4.98 Å². The van der Waals surface area contributed by atoms with Crippen LogP contribution in [0.3, 0.4) is 0 Å². The van der Waals surface area contributed by atoms with Gasteiger partial charge in [-0.15, -0.1) is 0 Å². The van der Waals surface area contributed by atoms with Gasteiger partial charge < -0.3 is 0 Å². The summed E-state index contributed by atoms with van der Waals surface area (Å²) in [6.07, 6.45) is 10.0. The molecule has 2 nitrogen and oxygen atoms in total. The molecule has 0 spiro atoms. The van der Waals surface area contributed by atoms with Gasteiger partial charge in [-0.25, -0.2) is 0 Å². The van der Waals surface area contributed by atoms with Gasteiger partial charge in [-0.2, -0.15) is 0 Å². The topological polar surface area (TPSA) is 25.2 Å². The Balaban J connectivity index is 2.27. The van der Waals surface area contributed by atoms with Crippen LogP contribution in [0.1, 0.15) is 18.2 Å². The van der Waals surface area contributed by atoms with Gasteiger partial charge in [0.15, 0.2) is 0 Å². The lowest BCUT2D eigenvalue weighted by molar-refractivity contribution is 1.13. The first-order valence-corrected chi connectivity index (χ1v) is 9.90. The fraction of sp³-hybridized carbons (Fsp3) is 0.0714. The molecule has 0 amide bonds. The number of hydrogen-bond donors (Lipinski definition) is 0. The third-order valence-electron chi connectivity index (χ3n) is 4.73. The molecule has 30 heavy (non-hydrogen) atoms. The van der Waals surface area contributed by atoms with Crippen molar-refractivity contribution in [2.75, 3.05) is 0 Å². The van der Waals surface area contributed by atoms with E-state index in [2.05, 4.69) is 72.9 Å². The molecular formula is C28H26N2. The first kappa shape index (κ1) is 20.9. The SMILES string of the molecule is C=C/C=c1/c(-c2ccccc2)cc(C)n/c1=C/C=C(\C=C(\C)N=C)c1ccccc1. The molecule has 0 fully saturated rings. The second kappa shape index (κ2) is 10.1. The van der Waals surface area contributed by atoms with Crippen molar-refractivity contribution in [1.29, 1.82) is 0 Å². The number of rotatable bonds is 6. The van der Waals surface area contributed by atoms with E-state index < -0.39 is 0 Å². The lowest BCUT2D eigenvalue weighted by Crippen LogP contribution is -2.30. The Kier molecular flexibility index (Phi) is 7.07. The van der Waals surface area contributed by atoms with Gasteiger partial charge in [0.25, 0.3) is 0 Å². The first-order valence-electron chi connectivity index (χ1n) is 9.90. The third-order valence-corrected chi connectivity index (χ3v) is 4.73. The average molecular weight is 391 g/mol. The number of aromatic nitrogens is 1. The number of aryl methyl sites for hydroxylation is 1. The van der Waals surface area contributed by atoms with Crippen LogP contribution in [0.25, 0.3) is 28.9 Å². The standard InChI is InChI=1S/C28H26N2/c1-5-12-26-27(24-15-10-7-11-16-24)20-22(3)30-28(26)18-17-25(19-21(2)29-4)23-13-8-6-9-14-23/h5-20H,1,4H2,2-3H3/b21-19-,25-17+,26-12-,28-18+. The van der Waals surface area contributed by atoms with Crippen LogP contribution in [0.4, 0.5) is 0 Å². The quantitative estimate of drug-likeness (QED) is 0.403. The van der Waals surface area contributed by atoms with E-state index in [1.165, 1.54) is 0 Å². The van der Waals surface area contributed by atoms with Crippen LogP contribution in [0.15, 0.2) is 102 Å². The number of benzene rings is 2. The van der Waals surface area contributed by atoms with Gasteiger partial charge >= 0.3 is 0 Å². The first-order chi connectivity index (χ1) is 14.6. The predicted octanol–water partition coefficient (Wildman–Crippen LogP) is 5.49. The van der Waals surface area contributed by atoms with Crippen molar-refractivity contribution >= 4 is 24.4 Å². The molecule has 0 aliphatic heterocycles. The van der Waals surface area contributed by atoms with Crippen LogP contribution in [-0.4, -0.2) is 11.7 Å². The molecule has 0 radical (unpaired) electrons. The summed E-state index contributed by atoms with van der Waals surface area (Å²) in [5, 5.41) is 1.95. The van der Waals surface area contributed by atoms with E-state index >= 15 is 0 Å². The maximum Gasteiger partial charge on any atom is 0.0711 e. The summed E-state index contributed by atoms with van der Waals surface area (Å²) in [5.41, 5.74) is 6.29. The summed E-state index contributed by atoms with van der Waals surface area (Å²) >= 11 is 0. The summed E-state index contributed by atoms with van der Waals surface area (Å²) < 4.78 is 0. The molecule has 0 saturated carbocycles. The highest BCUT2D eigenvalue weighted by atomic mass is 14.7. The Bertz CT molecular complexity index is 1210. The maximum absolute atomic E-state index is 4.81. The van der Waals surface area contributed by atoms with Crippen LogP contribution < -0.4 is 10.6 Å². The highest BCUT2D eigenvalue weighted by Crippen LogP contribution is 2.18. The molecule has 0 aliphatic rings. The van der Waals surface area contributed by atoms with Crippen LogP contribution >= 0.6 is 0 Å². The van der Waals surface area contributed by atoms with Gasteiger partial charge in [-0.05, 0) is 61.0 Å². The van der Waals surface area contributed by atoms with E-state index in [1.807, 2.05) is 56.3 Å². The van der Waals surface area contributed by atoms with Gasteiger partial charge in [-0.3, -0.25) is 9.98 Å². The second-order valence-corrected chi connectivity index (χ2v) is 6.98. The molecule has 1 heterocycles. The molecule has 2 aromatic carbocycles. The smallest absolute Gasteiger partial charge is 0.0711 e. The molecule has 3 aromatic rings. The molecule has 3 rings (SSSR count). The van der Waals surface area contributed by atoms with Crippen molar-refractivity contribution in [2.45, 2.75) is 13.8 Å². The zero-order valence-corrected chi connectivity index (χ0v) is 17.5. The third kappa shape index (κ3) is 5.18. The summed E-state index contributed by atoms with van der Waals surface area (Å²) in [6, 6.07) is 22.7. The molecule has 0 unspecified atom stereocenters. The maximum atomic E-state index is 4.81. The summed E-state index contributed by atoms with van der Waals surface area (Å²) in [5.74, 6) is 0. The Hall–Kier alpha value is -3.78. The normalized spacial score (nSPS) is 13.4. The zero-order chi connectivity index (χ0) is 21.3. The molecule has 0 N–H and O–H groups in total. The van der Waals surface area contributed by atoms with Crippen molar-refractivity contribution in [3.8, 4) is 11.1 Å². The highest BCUT2D eigenvalue weighted by Gasteiger charge is 2.03. The number of pyridine rings is 1. The molecule has 148 valence electrons. The number of allylic oxidation sites excluding steroid dienone is 5. The molecular weight excluding hydrogens is 364 g/mol. The molecule has 0 atom stereocenters. The monoisotopic (exact) mass is 390 g/mol. The molecule has 1 aromatic heterocycles. The van der Waals surface area contributed by atoms with Gasteiger partial charge in [0.05, 0.1) is 5.35 Å². The Morgan fingerprint density at radius 1 is 0.967 bits per heavy atom. The van der Waals surface area contributed by atoms with Crippen molar-refractivity contribution in [3.05, 3.63) is 119 Å². The minimum atomic E-state index is 0.860. The minimum absolute atomic E-state index is 0.860. The fourth-order valence-electron chi connectivity index (χ4n) is 3.28. The van der Waals surface area contributed by atoms with E-state index in [-0.39, 0.29) is 0 Å². The Labute approximate surface area is 178 Å². The lowest BCUT2D eigenvalue weighted by atomic mass is 10.0. The van der Waals surface area contributed by atoms with Crippen molar-refractivity contribution in [3.63, 3.8) is 0 Å². The predicted molar refractivity (Wildman–Crippen MR) is 131 cm³/mol. The summed E-state index contributed by atoms with van der Waals surface area (Å²) in [7, 11) is 0. The van der Waals surface area contributed by atoms with Crippen molar-refractivity contribution in [2.24, 2.45) is 4.99 Å². The molecule has 0 bridgehead atoms. The van der Waals surface area contributed by atoms with E-state index in [0.29, 0.717) is 0 Å². The summed E-state index contributed by atoms with van der Waals surface area (Å²) in [4.78, 5) is 8.85. The van der Waals surface area contributed by atoms with E-state index in [0.717, 1.165) is 44.2 Å². The highest BCUT2D eigenvalue weighted by molar-refractivity contribution is 5.79. The van der Waals surface area contributed by atoms with Gasteiger partial charge in [0.1, 0.15) is 0 Å². The van der Waals surface area contributed by atoms with Crippen LogP contribution in [0.2, 0.25) is 0 Å². The minimum Gasteiger partial charge on any atom is -0.269 e. The zero-order valence-electron chi connectivity index (χ0n) is 17.5. The van der Waals surface area contributed by atoms with Crippen LogP contribution in [-0.2, 0) is 0 Å². The van der Waals surface area contributed by atoms with Gasteiger partial charge in [-0.1, -0.05) is 85.5 Å². The van der Waals surface area contributed by atoms with Gasteiger partial charge in [0, 0.05) is 16.6 Å². The molecule has 0 saturated heterocycles. The second-order valence-electron chi connectivity index (χ2n) is 6.98.